The van der Waals surface area contributed by atoms with Gasteiger partial charge in [0.1, 0.15) is 5.82 Å². The number of aromatic nitrogens is 3. The molecule has 32 heavy (non-hydrogen) atoms. The number of likely N-dealkylation sites (tertiary alicyclic amines) is 1. The van der Waals surface area contributed by atoms with E-state index in [1.54, 1.807) is 32.4 Å². The van der Waals surface area contributed by atoms with Crippen molar-refractivity contribution in [1.82, 2.24) is 19.0 Å². The summed E-state index contributed by atoms with van der Waals surface area (Å²) in [6.07, 6.45) is 2.51. The molecule has 0 radical (unpaired) electrons. The molecule has 6 nitrogen and oxygen atoms in total. The number of imidazole rings is 1. The van der Waals surface area contributed by atoms with Crippen molar-refractivity contribution in [3.63, 3.8) is 0 Å². The van der Waals surface area contributed by atoms with Crippen molar-refractivity contribution >= 4 is 17.1 Å². The normalized spacial score (nSPS) is 16.0. The standard InChI is InChI=1S/C25H23FN4O2/c26-20-9-4-8-19(14-20)15-23(31)28-13-11-21(17-28)30-24-22(10-5-12-27-24)29(25(30)32)16-18-6-2-1-3-7-18/h1-10,12,14,21H,11,13,15-17H2. The number of rotatable bonds is 5. The SMILES string of the molecule is O=C(Cc1cccc(F)c1)N1CCC(n2c(=O)n(Cc3ccccc3)c3cccnc32)C1. The highest BCUT2D eigenvalue weighted by Crippen LogP contribution is 2.25. The van der Waals surface area contributed by atoms with Crippen LogP contribution in [0, 0.1) is 5.82 Å². The fourth-order valence-electron chi connectivity index (χ4n) is 4.47. The van der Waals surface area contributed by atoms with E-state index in [0.29, 0.717) is 37.3 Å². The Hall–Kier alpha value is -3.74. The number of nitrogens with zero attached hydrogens (tertiary/aromatic N) is 4. The molecule has 0 N–H and O–H groups in total. The van der Waals surface area contributed by atoms with E-state index in [0.717, 1.165) is 11.1 Å². The van der Waals surface area contributed by atoms with Gasteiger partial charge in [0, 0.05) is 19.3 Å². The molecule has 0 aliphatic carbocycles. The average molecular weight is 430 g/mol. The van der Waals surface area contributed by atoms with E-state index in [1.807, 2.05) is 42.5 Å². The van der Waals surface area contributed by atoms with E-state index in [2.05, 4.69) is 4.98 Å². The minimum absolute atomic E-state index is 0.0628. The average Bonchev–Trinajstić information content (AvgIpc) is 3.38. The summed E-state index contributed by atoms with van der Waals surface area (Å²) >= 11 is 0. The Balaban J connectivity index is 1.41. The van der Waals surface area contributed by atoms with Gasteiger partial charge in [-0.2, -0.15) is 0 Å². The van der Waals surface area contributed by atoms with Gasteiger partial charge in [-0.05, 0) is 41.8 Å². The zero-order chi connectivity index (χ0) is 22.1. The molecule has 1 amide bonds. The van der Waals surface area contributed by atoms with Crippen molar-refractivity contribution in [2.45, 2.75) is 25.4 Å². The van der Waals surface area contributed by atoms with Crippen LogP contribution in [0.3, 0.4) is 0 Å². The largest absolute Gasteiger partial charge is 0.340 e. The highest BCUT2D eigenvalue weighted by molar-refractivity contribution is 5.79. The molecule has 5 rings (SSSR count). The van der Waals surface area contributed by atoms with Gasteiger partial charge in [-0.15, -0.1) is 0 Å². The lowest BCUT2D eigenvalue weighted by atomic mass is 10.1. The van der Waals surface area contributed by atoms with Crippen LogP contribution >= 0.6 is 0 Å². The Bertz CT molecular complexity index is 1330. The summed E-state index contributed by atoms with van der Waals surface area (Å²) in [5.41, 5.74) is 2.99. The Morgan fingerprint density at radius 3 is 2.66 bits per heavy atom. The van der Waals surface area contributed by atoms with Crippen LogP contribution in [0.2, 0.25) is 0 Å². The monoisotopic (exact) mass is 430 g/mol. The van der Waals surface area contributed by atoms with Crippen molar-refractivity contribution in [2.75, 3.05) is 13.1 Å². The molecule has 2 aromatic heterocycles. The van der Waals surface area contributed by atoms with Crippen LogP contribution < -0.4 is 5.69 Å². The fraction of sp³-hybridized carbons (Fsp3) is 0.240. The van der Waals surface area contributed by atoms with Crippen molar-refractivity contribution in [1.29, 1.82) is 0 Å². The first kappa shape index (κ1) is 20.2. The molecule has 1 unspecified atom stereocenters. The van der Waals surface area contributed by atoms with E-state index in [4.69, 9.17) is 0 Å². The van der Waals surface area contributed by atoms with Crippen molar-refractivity contribution in [3.8, 4) is 0 Å². The minimum Gasteiger partial charge on any atom is -0.340 e. The second kappa shape index (κ2) is 8.42. The van der Waals surface area contributed by atoms with Gasteiger partial charge in [0.05, 0.1) is 24.5 Å². The third-order valence-electron chi connectivity index (χ3n) is 6.03. The van der Waals surface area contributed by atoms with Crippen LogP contribution in [-0.2, 0) is 17.8 Å². The van der Waals surface area contributed by atoms with Crippen LogP contribution in [0.1, 0.15) is 23.6 Å². The molecule has 1 atom stereocenters. The van der Waals surface area contributed by atoms with Crippen LogP contribution in [0.25, 0.3) is 11.2 Å². The molecular formula is C25H23FN4O2. The molecule has 3 heterocycles. The maximum Gasteiger partial charge on any atom is 0.330 e. The lowest BCUT2D eigenvalue weighted by molar-refractivity contribution is -0.129. The lowest BCUT2D eigenvalue weighted by Crippen LogP contribution is -2.33. The summed E-state index contributed by atoms with van der Waals surface area (Å²) < 4.78 is 16.9. The molecule has 0 spiro atoms. The van der Waals surface area contributed by atoms with Crippen molar-refractivity contribution in [3.05, 3.63) is 100 Å². The summed E-state index contributed by atoms with van der Waals surface area (Å²) in [5.74, 6) is -0.411. The Labute approximate surface area is 184 Å². The third kappa shape index (κ3) is 3.82. The van der Waals surface area contributed by atoms with E-state index in [1.165, 1.54) is 12.1 Å². The zero-order valence-corrected chi connectivity index (χ0v) is 17.5. The van der Waals surface area contributed by atoms with E-state index < -0.39 is 0 Å². The summed E-state index contributed by atoms with van der Waals surface area (Å²) in [7, 11) is 0. The van der Waals surface area contributed by atoms with Crippen LogP contribution in [0.15, 0.2) is 77.7 Å². The molecule has 0 saturated carbocycles. The highest BCUT2D eigenvalue weighted by atomic mass is 19.1. The Morgan fingerprint density at radius 2 is 1.84 bits per heavy atom. The number of amides is 1. The molecule has 1 fully saturated rings. The number of fused-ring (bicyclic) bond motifs is 1. The van der Waals surface area contributed by atoms with E-state index >= 15 is 0 Å². The molecule has 162 valence electrons. The zero-order valence-electron chi connectivity index (χ0n) is 17.5. The summed E-state index contributed by atoms with van der Waals surface area (Å²) in [6.45, 7) is 1.46. The molecule has 2 aromatic carbocycles. The summed E-state index contributed by atoms with van der Waals surface area (Å²) in [4.78, 5) is 32.5. The third-order valence-corrected chi connectivity index (χ3v) is 6.03. The van der Waals surface area contributed by atoms with Gasteiger partial charge < -0.3 is 4.90 Å². The predicted molar refractivity (Wildman–Crippen MR) is 120 cm³/mol. The van der Waals surface area contributed by atoms with Gasteiger partial charge >= 0.3 is 5.69 Å². The van der Waals surface area contributed by atoms with Gasteiger partial charge in [-0.25, -0.2) is 14.2 Å². The first-order valence-corrected chi connectivity index (χ1v) is 10.7. The number of carbonyl (C=O) groups excluding carboxylic acids is 1. The molecule has 1 saturated heterocycles. The number of halogens is 1. The first-order chi connectivity index (χ1) is 15.6. The fourth-order valence-corrected chi connectivity index (χ4v) is 4.47. The first-order valence-electron chi connectivity index (χ1n) is 10.7. The highest BCUT2D eigenvalue weighted by Gasteiger charge is 2.31. The van der Waals surface area contributed by atoms with Crippen LogP contribution in [0.4, 0.5) is 4.39 Å². The van der Waals surface area contributed by atoms with E-state index in [9.17, 15) is 14.0 Å². The van der Waals surface area contributed by atoms with Gasteiger partial charge in [-0.1, -0.05) is 42.5 Å². The van der Waals surface area contributed by atoms with Gasteiger partial charge in [0.15, 0.2) is 5.65 Å². The second-order valence-corrected chi connectivity index (χ2v) is 8.16. The summed E-state index contributed by atoms with van der Waals surface area (Å²) in [6, 6.07) is 19.6. The van der Waals surface area contributed by atoms with Gasteiger partial charge in [0.25, 0.3) is 0 Å². The maximum absolute atomic E-state index is 13.5. The number of carbonyl (C=O) groups is 1. The molecule has 4 aromatic rings. The molecule has 0 bridgehead atoms. The van der Waals surface area contributed by atoms with Gasteiger partial charge in [0.2, 0.25) is 5.91 Å². The number of hydrogen-bond acceptors (Lipinski definition) is 3. The Morgan fingerprint density at radius 1 is 1.03 bits per heavy atom. The molecule has 7 heteroatoms. The Kier molecular flexibility index (Phi) is 5.31. The lowest BCUT2D eigenvalue weighted by Gasteiger charge is -2.17. The van der Waals surface area contributed by atoms with Crippen molar-refractivity contribution < 1.29 is 9.18 Å². The number of benzene rings is 2. The smallest absolute Gasteiger partial charge is 0.330 e. The number of hydrogen-bond donors (Lipinski definition) is 0. The van der Waals surface area contributed by atoms with Gasteiger partial charge in [-0.3, -0.25) is 13.9 Å². The second-order valence-electron chi connectivity index (χ2n) is 8.16. The predicted octanol–water partition coefficient (Wildman–Crippen LogP) is 3.40. The number of pyridine rings is 1. The molecule has 1 aliphatic rings. The van der Waals surface area contributed by atoms with Crippen LogP contribution in [-0.4, -0.2) is 38.0 Å². The minimum atomic E-state index is -0.349. The quantitative estimate of drug-likeness (QED) is 0.488. The van der Waals surface area contributed by atoms with Crippen LogP contribution in [0.5, 0.6) is 0 Å². The molecule has 1 aliphatic heterocycles. The van der Waals surface area contributed by atoms with E-state index in [-0.39, 0.29) is 29.9 Å². The topological polar surface area (TPSA) is 60.1 Å². The molecular weight excluding hydrogens is 407 g/mol. The summed E-state index contributed by atoms with van der Waals surface area (Å²) in [5, 5.41) is 0. The van der Waals surface area contributed by atoms with Crippen molar-refractivity contribution in [2.24, 2.45) is 0 Å². The maximum atomic E-state index is 13.5.